The molecule has 0 bridgehead atoms. The van der Waals surface area contributed by atoms with Crippen molar-refractivity contribution in [1.29, 1.82) is 0 Å². The van der Waals surface area contributed by atoms with E-state index in [0.29, 0.717) is 24.6 Å². The van der Waals surface area contributed by atoms with Crippen molar-refractivity contribution >= 4 is 11.7 Å². The average molecular weight is 378 g/mol. The number of rotatable bonds is 5. The Morgan fingerprint density at radius 2 is 1.61 bits per heavy atom. The van der Waals surface area contributed by atoms with Crippen LogP contribution in [0.1, 0.15) is 11.1 Å². The minimum Gasteiger partial charge on any atom is -0.454 e. The number of carbonyl (C=O) groups excluding carboxylic acids is 1. The third-order valence-electron chi connectivity index (χ3n) is 4.43. The average Bonchev–Trinajstić information content (AvgIpc) is 3.18. The number of anilines is 1. The summed E-state index contributed by atoms with van der Waals surface area (Å²) in [6.07, 6.45) is 0. The molecule has 0 radical (unpaired) electrons. The van der Waals surface area contributed by atoms with Gasteiger partial charge in [0, 0.05) is 13.1 Å². The lowest BCUT2D eigenvalue weighted by Crippen LogP contribution is -2.34. The van der Waals surface area contributed by atoms with Gasteiger partial charge in [0.05, 0.1) is 5.69 Å². The number of benzene rings is 3. The van der Waals surface area contributed by atoms with Gasteiger partial charge >= 0.3 is 6.03 Å². The first kappa shape index (κ1) is 17.9. The van der Waals surface area contributed by atoms with Crippen molar-refractivity contribution in [2.24, 2.45) is 0 Å². The number of nitrogens with zero attached hydrogens (tertiary/aromatic N) is 1. The molecule has 6 heteroatoms. The van der Waals surface area contributed by atoms with Crippen LogP contribution in [0.5, 0.6) is 11.5 Å². The van der Waals surface area contributed by atoms with Crippen LogP contribution in [-0.4, -0.2) is 17.7 Å². The van der Waals surface area contributed by atoms with Crippen molar-refractivity contribution < 1.29 is 18.7 Å². The van der Waals surface area contributed by atoms with E-state index in [4.69, 9.17) is 9.47 Å². The highest BCUT2D eigenvalue weighted by molar-refractivity contribution is 5.89. The van der Waals surface area contributed by atoms with Crippen LogP contribution in [0.15, 0.2) is 72.8 Å². The second-order valence-corrected chi connectivity index (χ2v) is 6.44. The highest BCUT2D eigenvalue weighted by atomic mass is 19.1. The summed E-state index contributed by atoms with van der Waals surface area (Å²) in [6, 6.07) is 21.0. The Labute approximate surface area is 162 Å². The molecule has 0 unspecified atom stereocenters. The Balaban J connectivity index is 1.56. The maximum atomic E-state index is 14.0. The molecular formula is C22H19FN2O3. The minimum atomic E-state index is -0.474. The molecule has 0 saturated heterocycles. The second kappa shape index (κ2) is 8.00. The molecule has 1 N–H and O–H groups in total. The molecule has 0 aromatic heterocycles. The number of halogens is 1. The molecule has 0 atom stereocenters. The van der Waals surface area contributed by atoms with Gasteiger partial charge in [0.2, 0.25) is 6.79 Å². The molecule has 0 spiro atoms. The van der Waals surface area contributed by atoms with E-state index in [1.54, 1.807) is 17.0 Å². The molecule has 1 aliphatic heterocycles. The summed E-state index contributed by atoms with van der Waals surface area (Å²) in [7, 11) is 0. The summed E-state index contributed by atoms with van der Waals surface area (Å²) in [5.74, 6) is 0.874. The first-order valence-corrected chi connectivity index (χ1v) is 8.92. The van der Waals surface area contributed by atoms with Gasteiger partial charge in [-0.05, 0) is 35.4 Å². The maximum absolute atomic E-state index is 14.0. The number of hydrogen-bond acceptors (Lipinski definition) is 3. The number of ether oxygens (including phenoxy) is 2. The van der Waals surface area contributed by atoms with Crippen LogP contribution in [0, 0.1) is 5.82 Å². The van der Waals surface area contributed by atoms with Gasteiger partial charge in [0.15, 0.2) is 11.5 Å². The van der Waals surface area contributed by atoms with Crippen molar-refractivity contribution in [2.45, 2.75) is 13.1 Å². The summed E-state index contributed by atoms with van der Waals surface area (Å²) in [6.45, 7) is 0.918. The molecule has 4 rings (SSSR count). The smallest absolute Gasteiger partial charge is 0.322 e. The second-order valence-electron chi connectivity index (χ2n) is 6.44. The summed E-state index contributed by atoms with van der Waals surface area (Å²) in [4.78, 5) is 14.5. The number of hydrogen-bond donors (Lipinski definition) is 1. The Morgan fingerprint density at radius 3 is 2.43 bits per heavy atom. The highest BCUT2D eigenvalue weighted by Crippen LogP contribution is 2.33. The SMILES string of the molecule is O=C(Nc1ccccc1F)N(Cc1ccccc1)Cc1ccc2c(c1)OCO2. The quantitative estimate of drug-likeness (QED) is 0.695. The van der Waals surface area contributed by atoms with E-state index >= 15 is 0 Å². The number of urea groups is 1. The topological polar surface area (TPSA) is 50.8 Å². The zero-order chi connectivity index (χ0) is 19.3. The zero-order valence-corrected chi connectivity index (χ0v) is 15.1. The van der Waals surface area contributed by atoms with Crippen LogP contribution < -0.4 is 14.8 Å². The van der Waals surface area contributed by atoms with Gasteiger partial charge in [0.25, 0.3) is 0 Å². The van der Waals surface area contributed by atoms with Gasteiger partial charge in [-0.2, -0.15) is 0 Å². The number of fused-ring (bicyclic) bond motifs is 1. The van der Waals surface area contributed by atoms with E-state index in [1.807, 2.05) is 48.5 Å². The van der Waals surface area contributed by atoms with Crippen LogP contribution in [0.4, 0.5) is 14.9 Å². The van der Waals surface area contributed by atoms with Gasteiger partial charge in [-0.25, -0.2) is 9.18 Å². The molecule has 1 heterocycles. The molecule has 0 aliphatic carbocycles. The Bertz CT molecular complexity index is 979. The predicted octanol–water partition coefficient (Wildman–Crippen LogP) is 4.79. The van der Waals surface area contributed by atoms with Crippen LogP contribution in [0.2, 0.25) is 0 Å². The van der Waals surface area contributed by atoms with Crippen molar-refractivity contribution in [3.05, 3.63) is 89.7 Å². The lowest BCUT2D eigenvalue weighted by atomic mass is 10.1. The highest BCUT2D eigenvalue weighted by Gasteiger charge is 2.19. The molecular weight excluding hydrogens is 359 g/mol. The van der Waals surface area contributed by atoms with Crippen LogP contribution in [0.3, 0.4) is 0 Å². The summed E-state index contributed by atoms with van der Waals surface area (Å²) >= 11 is 0. The first-order valence-electron chi connectivity index (χ1n) is 8.92. The largest absolute Gasteiger partial charge is 0.454 e. The third kappa shape index (κ3) is 4.06. The summed E-state index contributed by atoms with van der Waals surface area (Å²) < 4.78 is 24.7. The van der Waals surface area contributed by atoms with E-state index in [9.17, 15) is 9.18 Å². The molecule has 3 aromatic carbocycles. The van der Waals surface area contributed by atoms with E-state index in [0.717, 1.165) is 11.1 Å². The van der Waals surface area contributed by atoms with Gasteiger partial charge in [0.1, 0.15) is 5.82 Å². The third-order valence-corrected chi connectivity index (χ3v) is 4.43. The van der Waals surface area contributed by atoms with Crippen LogP contribution in [-0.2, 0) is 13.1 Å². The van der Waals surface area contributed by atoms with Crippen LogP contribution in [0.25, 0.3) is 0 Å². The number of nitrogens with one attached hydrogen (secondary N) is 1. The van der Waals surface area contributed by atoms with Crippen molar-refractivity contribution in [3.63, 3.8) is 0 Å². The maximum Gasteiger partial charge on any atom is 0.322 e. The van der Waals surface area contributed by atoms with Crippen molar-refractivity contribution in [2.75, 3.05) is 12.1 Å². The standard InChI is InChI=1S/C22H19FN2O3/c23-18-8-4-5-9-19(18)24-22(26)25(13-16-6-2-1-3-7-16)14-17-10-11-20-21(12-17)28-15-27-20/h1-12H,13-15H2,(H,24,26). The summed E-state index contributed by atoms with van der Waals surface area (Å²) in [5, 5.41) is 2.66. The van der Waals surface area contributed by atoms with Gasteiger partial charge in [-0.1, -0.05) is 48.5 Å². The van der Waals surface area contributed by atoms with E-state index in [2.05, 4.69) is 5.32 Å². The minimum absolute atomic E-state index is 0.149. The van der Waals surface area contributed by atoms with Gasteiger partial charge in [-0.15, -0.1) is 0 Å². The Morgan fingerprint density at radius 1 is 0.893 bits per heavy atom. The molecule has 3 aromatic rings. The lowest BCUT2D eigenvalue weighted by molar-refractivity contribution is 0.174. The zero-order valence-electron chi connectivity index (χ0n) is 15.1. The lowest BCUT2D eigenvalue weighted by Gasteiger charge is -2.24. The van der Waals surface area contributed by atoms with Gasteiger partial charge in [-0.3, -0.25) is 0 Å². The molecule has 2 amide bonds. The molecule has 0 fully saturated rings. The Kier molecular flexibility index (Phi) is 5.10. The monoisotopic (exact) mass is 378 g/mol. The molecule has 5 nitrogen and oxygen atoms in total. The molecule has 142 valence electrons. The number of amides is 2. The molecule has 0 saturated carbocycles. The van der Waals surface area contributed by atoms with E-state index in [-0.39, 0.29) is 18.5 Å². The van der Waals surface area contributed by atoms with E-state index < -0.39 is 5.82 Å². The molecule has 28 heavy (non-hydrogen) atoms. The predicted molar refractivity (Wildman–Crippen MR) is 104 cm³/mol. The summed E-state index contributed by atoms with van der Waals surface area (Å²) in [5.41, 5.74) is 2.02. The fraction of sp³-hybridized carbons (Fsp3) is 0.136. The van der Waals surface area contributed by atoms with Crippen molar-refractivity contribution in [3.8, 4) is 11.5 Å². The Hall–Kier alpha value is -3.54. The number of carbonyl (C=O) groups is 1. The first-order chi connectivity index (χ1) is 13.7. The molecule has 1 aliphatic rings. The van der Waals surface area contributed by atoms with Crippen LogP contribution >= 0.6 is 0 Å². The normalized spacial score (nSPS) is 11.9. The van der Waals surface area contributed by atoms with Crippen molar-refractivity contribution in [1.82, 2.24) is 4.90 Å². The fourth-order valence-electron chi connectivity index (χ4n) is 3.02. The number of para-hydroxylation sites is 1. The van der Waals surface area contributed by atoms with Gasteiger partial charge < -0.3 is 19.7 Å². The fourth-order valence-corrected chi connectivity index (χ4v) is 3.02. The van der Waals surface area contributed by atoms with E-state index in [1.165, 1.54) is 12.1 Å².